The predicted octanol–water partition coefficient (Wildman–Crippen LogP) is 1.93. The number of non-ortho nitro benzene ring substituents is 1. The molecule has 0 fully saturated rings. The number of benzene rings is 1. The Morgan fingerprint density at radius 3 is 2.61 bits per heavy atom. The number of aromatic hydroxyl groups is 1. The summed E-state index contributed by atoms with van der Waals surface area (Å²) in [6, 6.07) is 5.96. The second kappa shape index (κ2) is 5.61. The summed E-state index contributed by atoms with van der Waals surface area (Å²) in [6.45, 7) is 0. The van der Waals surface area contributed by atoms with E-state index in [0.29, 0.717) is 21.6 Å². The van der Waals surface area contributed by atoms with Crippen LogP contribution in [-0.4, -0.2) is 27.0 Å². The highest BCUT2D eigenvalue weighted by Crippen LogP contribution is 2.35. The number of rotatable bonds is 3. The van der Waals surface area contributed by atoms with Gasteiger partial charge >= 0.3 is 4.87 Å². The summed E-state index contributed by atoms with van der Waals surface area (Å²) in [5, 5.41) is 28.7. The van der Waals surface area contributed by atoms with Gasteiger partial charge < -0.3 is 5.11 Å². The predicted molar refractivity (Wildman–Crippen MR) is 87.3 cm³/mol. The molecule has 0 aliphatic carbocycles. The fourth-order valence-corrected chi connectivity index (χ4v) is 3.12. The topological polar surface area (TPSA) is 110 Å². The van der Waals surface area contributed by atoms with Crippen LogP contribution in [0.4, 0.5) is 5.69 Å². The quantitative estimate of drug-likeness (QED) is 0.684. The second-order valence-electron chi connectivity index (χ2n) is 4.71. The summed E-state index contributed by atoms with van der Waals surface area (Å²) in [5.41, 5.74) is 1.43. The van der Waals surface area contributed by atoms with E-state index in [9.17, 15) is 20.0 Å². The molecule has 0 saturated carbocycles. The van der Waals surface area contributed by atoms with E-state index in [0.717, 1.165) is 15.9 Å². The van der Waals surface area contributed by atoms with Crippen LogP contribution in [0.5, 0.6) is 5.88 Å². The first-order valence-corrected chi connectivity index (χ1v) is 7.25. The van der Waals surface area contributed by atoms with Crippen molar-refractivity contribution in [2.45, 2.75) is 0 Å². The zero-order chi connectivity index (χ0) is 16.6. The van der Waals surface area contributed by atoms with Crippen LogP contribution in [0.25, 0.3) is 5.57 Å². The molecular formula is C14H10N4O4S. The van der Waals surface area contributed by atoms with Crippen molar-refractivity contribution in [1.29, 1.82) is 0 Å². The fraction of sp³-hybridized carbons (Fsp3) is 0.0714. The molecule has 1 aromatic heterocycles. The Labute approximate surface area is 133 Å². The maximum atomic E-state index is 11.8. The van der Waals surface area contributed by atoms with Crippen molar-refractivity contribution in [3.63, 3.8) is 0 Å². The minimum absolute atomic E-state index is 0.0877. The van der Waals surface area contributed by atoms with Crippen LogP contribution in [0.1, 0.15) is 10.4 Å². The lowest BCUT2D eigenvalue weighted by atomic mass is 9.99. The first-order chi connectivity index (χ1) is 11.0. The first-order valence-electron chi connectivity index (χ1n) is 6.43. The smallest absolute Gasteiger partial charge is 0.310 e. The summed E-state index contributed by atoms with van der Waals surface area (Å²) >= 11 is 0.851. The van der Waals surface area contributed by atoms with Crippen LogP contribution in [0, 0.1) is 10.1 Å². The zero-order valence-corrected chi connectivity index (χ0v) is 12.6. The van der Waals surface area contributed by atoms with Crippen molar-refractivity contribution >= 4 is 35.0 Å². The third-order valence-electron chi connectivity index (χ3n) is 3.31. The standard InChI is InChI=1S/C14H10N4O4S/c1-17-13(19)12(23-14(17)20)11(9-6-15-16-7-9)8-3-2-4-10(5-8)18(21)22/h2-7,19H,1H3. The molecule has 0 amide bonds. The molecule has 1 aliphatic heterocycles. The van der Waals surface area contributed by atoms with E-state index in [1.54, 1.807) is 12.1 Å². The van der Waals surface area contributed by atoms with Gasteiger partial charge in [-0.3, -0.25) is 19.5 Å². The number of hydrogen-bond donors (Lipinski definition) is 1. The Kier molecular flexibility index (Phi) is 3.62. The highest BCUT2D eigenvalue weighted by Gasteiger charge is 2.22. The SMILES string of the molecule is Cn1c(O)c(C(=C2C=NN=C2)c2cccc([N+](=O)[O-])c2)sc1=O. The van der Waals surface area contributed by atoms with Gasteiger partial charge in [0.25, 0.3) is 5.69 Å². The number of allylic oxidation sites excluding steroid dienone is 1. The Balaban J connectivity index is 2.29. The lowest BCUT2D eigenvalue weighted by Crippen LogP contribution is -2.05. The summed E-state index contributed by atoms with van der Waals surface area (Å²) in [5.74, 6) is -0.206. The molecule has 0 spiro atoms. The summed E-state index contributed by atoms with van der Waals surface area (Å²) in [4.78, 5) is 22.3. The first kappa shape index (κ1) is 14.9. The van der Waals surface area contributed by atoms with Crippen LogP contribution in [-0.2, 0) is 7.05 Å². The van der Waals surface area contributed by atoms with Gasteiger partial charge in [-0.15, -0.1) is 0 Å². The molecule has 1 N–H and O–H groups in total. The lowest BCUT2D eigenvalue weighted by molar-refractivity contribution is -0.384. The number of hydrogen-bond acceptors (Lipinski definition) is 7. The Morgan fingerprint density at radius 1 is 1.35 bits per heavy atom. The van der Waals surface area contributed by atoms with E-state index in [4.69, 9.17) is 0 Å². The molecule has 0 unspecified atom stereocenters. The Morgan fingerprint density at radius 2 is 2.04 bits per heavy atom. The van der Waals surface area contributed by atoms with Gasteiger partial charge in [-0.2, -0.15) is 10.2 Å². The maximum absolute atomic E-state index is 11.8. The second-order valence-corrected chi connectivity index (χ2v) is 5.67. The molecule has 0 saturated heterocycles. The normalized spacial score (nSPS) is 12.8. The average molecular weight is 330 g/mol. The highest BCUT2D eigenvalue weighted by molar-refractivity contribution is 7.11. The molecule has 2 aromatic rings. The van der Waals surface area contributed by atoms with Gasteiger partial charge in [0, 0.05) is 30.3 Å². The Bertz CT molecular complexity index is 938. The van der Waals surface area contributed by atoms with E-state index in [1.807, 2.05) is 0 Å². The molecule has 1 aromatic carbocycles. The van der Waals surface area contributed by atoms with Crippen molar-refractivity contribution in [3.8, 4) is 5.88 Å². The molecule has 8 nitrogen and oxygen atoms in total. The number of nitro groups is 1. The van der Waals surface area contributed by atoms with Crippen molar-refractivity contribution in [1.82, 2.24) is 4.57 Å². The van der Waals surface area contributed by atoms with Crippen LogP contribution in [0.2, 0.25) is 0 Å². The molecule has 9 heteroatoms. The number of nitro benzene ring substituents is 1. The summed E-state index contributed by atoms with van der Waals surface area (Å²) < 4.78 is 1.11. The summed E-state index contributed by atoms with van der Waals surface area (Å²) in [6.07, 6.45) is 2.94. The van der Waals surface area contributed by atoms with Gasteiger partial charge in [-0.05, 0) is 5.56 Å². The molecule has 2 heterocycles. The monoisotopic (exact) mass is 330 g/mol. The molecule has 1 aliphatic rings. The number of thiazole rings is 1. The molecule has 23 heavy (non-hydrogen) atoms. The van der Waals surface area contributed by atoms with Gasteiger partial charge in [-0.1, -0.05) is 23.5 Å². The van der Waals surface area contributed by atoms with E-state index in [-0.39, 0.29) is 16.4 Å². The van der Waals surface area contributed by atoms with E-state index in [1.165, 1.54) is 31.6 Å². The van der Waals surface area contributed by atoms with E-state index < -0.39 is 4.92 Å². The van der Waals surface area contributed by atoms with Crippen LogP contribution in [0.3, 0.4) is 0 Å². The lowest BCUT2D eigenvalue weighted by Gasteiger charge is -2.08. The maximum Gasteiger partial charge on any atom is 0.310 e. The minimum atomic E-state index is -0.504. The van der Waals surface area contributed by atoms with Crippen molar-refractivity contribution < 1.29 is 10.0 Å². The zero-order valence-electron chi connectivity index (χ0n) is 11.8. The Hall–Kier alpha value is -3.07. The van der Waals surface area contributed by atoms with Gasteiger partial charge in [0.05, 0.1) is 17.4 Å². The fourth-order valence-electron chi connectivity index (χ4n) is 2.16. The van der Waals surface area contributed by atoms with Gasteiger partial charge in [0.2, 0.25) is 5.88 Å². The van der Waals surface area contributed by atoms with Crippen LogP contribution in [0.15, 0.2) is 44.8 Å². The number of aromatic nitrogens is 1. The van der Waals surface area contributed by atoms with Gasteiger partial charge in [-0.25, -0.2) is 0 Å². The van der Waals surface area contributed by atoms with Gasteiger partial charge in [0.15, 0.2) is 0 Å². The molecule has 116 valence electrons. The van der Waals surface area contributed by atoms with Crippen molar-refractivity contribution in [3.05, 3.63) is 60.1 Å². The molecule has 3 rings (SSSR count). The largest absolute Gasteiger partial charge is 0.493 e. The number of nitrogens with zero attached hydrogens (tertiary/aromatic N) is 4. The van der Waals surface area contributed by atoms with E-state index >= 15 is 0 Å². The third-order valence-corrected chi connectivity index (χ3v) is 4.35. The van der Waals surface area contributed by atoms with Crippen molar-refractivity contribution in [2.75, 3.05) is 0 Å². The van der Waals surface area contributed by atoms with Crippen LogP contribution < -0.4 is 4.87 Å². The van der Waals surface area contributed by atoms with Gasteiger partial charge in [0.1, 0.15) is 4.88 Å². The van der Waals surface area contributed by atoms with Crippen molar-refractivity contribution in [2.24, 2.45) is 17.3 Å². The highest BCUT2D eigenvalue weighted by atomic mass is 32.1. The van der Waals surface area contributed by atoms with Crippen LogP contribution >= 0.6 is 11.3 Å². The third kappa shape index (κ3) is 2.57. The minimum Gasteiger partial charge on any atom is -0.493 e. The average Bonchev–Trinajstić information content (AvgIpc) is 3.14. The van der Waals surface area contributed by atoms with E-state index in [2.05, 4.69) is 10.2 Å². The summed E-state index contributed by atoms with van der Waals surface area (Å²) in [7, 11) is 1.45. The molecule has 0 radical (unpaired) electrons. The molecule has 0 atom stereocenters. The molecular weight excluding hydrogens is 320 g/mol. The molecule has 0 bridgehead atoms.